The average Bonchev–Trinajstić information content (AvgIpc) is 2.90. The van der Waals surface area contributed by atoms with E-state index in [2.05, 4.69) is 50.4 Å². The first-order valence-corrected chi connectivity index (χ1v) is 13.7. The second-order valence-corrected chi connectivity index (χ2v) is 10.3. The van der Waals surface area contributed by atoms with E-state index in [1.165, 1.54) is 5.56 Å². The molecule has 0 saturated heterocycles. The smallest absolute Gasteiger partial charge is 0.243 e. The maximum absolute atomic E-state index is 13.8. The van der Waals surface area contributed by atoms with Gasteiger partial charge in [0.15, 0.2) is 0 Å². The van der Waals surface area contributed by atoms with Gasteiger partial charge in [0.2, 0.25) is 11.8 Å². The first-order chi connectivity index (χ1) is 17.9. The number of halogens is 1. The van der Waals surface area contributed by atoms with Crippen LogP contribution in [0.25, 0.3) is 0 Å². The summed E-state index contributed by atoms with van der Waals surface area (Å²) in [5.41, 5.74) is 4.32. The van der Waals surface area contributed by atoms with Gasteiger partial charge in [0.05, 0.1) is 0 Å². The largest absolute Gasteiger partial charge is 0.354 e. The van der Waals surface area contributed by atoms with E-state index >= 15 is 0 Å². The molecule has 0 heterocycles. The molecule has 3 rings (SSSR count). The van der Waals surface area contributed by atoms with E-state index in [0.717, 1.165) is 29.5 Å². The van der Waals surface area contributed by atoms with Crippen LogP contribution in [0.2, 0.25) is 5.02 Å². The van der Waals surface area contributed by atoms with Gasteiger partial charge in [-0.25, -0.2) is 0 Å². The van der Waals surface area contributed by atoms with Crippen molar-refractivity contribution >= 4 is 23.4 Å². The number of amides is 2. The number of nitrogens with one attached hydrogen (secondary N) is 1. The summed E-state index contributed by atoms with van der Waals surface area (Å²) >= 11 is 6.26. The zero-order valence-corrected chi connectivity index (χ0v) is 23.0. The van der Waals surface area contributed by atoms with E-state index in [-0.39, 0.29) is 11.8 Å². The molecular formula is C32H39ClN2O2. The molecule has 0 unspecified atom stereocenters. The number of carbonyl (C=O) groups excluding carboxylic acids is 2. The molecule has 0 radical (unpaired) electrons. The lowest BCUT2D eigenvalue weighted by Gasteiger charge is -2.32. The van der Waals surface area contributed by atoms with Crippen molar-refractivity contribution in [2.24, 2.45) is 0 Å². The van der Waals surface area contributed by atoms with Crippen molar-refractivity contribution < 1.29 is 9.59 Å². The second-order valence-electron chi connectivity index (χ2n) is 9.90. The highest BCUT2D eigenvalue weighted by Gasteiger charge is 2.30. The van der Waals surface area contributed by atoms with Crippen LogP contribution in [0, 0.1) is 0 Å². The number of hydrogen-bond acceptors (Lipinski definition) is 2. The second kappa shape index (κ2) is 14.6. The molecule has 0 aliphatic rings. The van der Waals surface area contributed by atoms with Crippen LogP contribution in [0.5, 0.6) is 0 Å². The van der Waals surface area contributed by atoms with Crippen molar-refractivity contribution in [2.75, 3.05) is 6.54 Å². The van der Waals surface area contributed by atoms with Gasteiger partial charge in [-0.15, -0.1) is 0 Å². The van der Waals surface area contributed by atoms with Gasteiger partial charge in [-0.2, -0.15) is 0 Å². The highest BCUT2D eigenvalue weighted by Crippen LogP contribution is 2.20. The van der Waals surface area contributed by atoms with E-state index in [1.54, 1.807) is 4.90 Å². The van der Waals surface area contributed by atoms with Crippen LogP contribution in [0.4, 0.5) is 0 Å². The Morgan fingerprint density at radius 2 is 1.59 bits per heavy atom. The summed E-state index contributed by atoms with van der Waals surface area (Å²) < 4.78 is 0. The van der Waals surface area contributed by atoms with Crippen molar-refractivity contribution in [3.05, 3.63) is 106 Å². The monoisotopic (exact) mass is 518 g/mol. The molecule has 0 aliphatic heterocycles. The van der Waals surface area contributed by atoms with E-state index in [9.17, 15) is 9.59 Å². The Hall–Kier alpha value is -3.11. The minimum atomic E-state index is -0.617. The fraction of sp³-hybridized carbons (Fsp3) is 0.375. The number of aryl methyl sites for hydroxylation is 1. The van der Waals surface area contributed by atoms with Crippen LogP contribution in [0.1, 0.15) is 68.2 Å². The van der Waals surface area contributed by atoms with Crippen LogP contribution in [0.3, 0.4) is 0 Å². The minimum Gasteiger partial charge on any atom is -0.354 e. The normalized spacial score (nSPS) is 11.8. The fourth-order valence-corrected chi connectivity index (χ4v) is 4.57. The summed E-state index contributed by atoms with van der Waals surface area (Å²) in [6.07, 6.45) is 3.30. The van der Waals surface area contributed by atoms with Gasteiger partial charge in [0.25, 0.3) is 0 Å². The van der Waals surface area contributed by atoms with Crippen molar-refractivity contribution in [3.8, 4) is 0 Å². The molecule has 0 spiro atoms. The van der Waals surface area contributed by atoms with Crippen LogP contribution in [-0.2, 0) is 29.0 Å². The lowest BCUT2D eigenvalue weighted by atomic mass is 9.99. The summed E-state index contributed by atoms with van der Waals surface area (Å²) in [5.74, 6) is 0.308. The topological polar surface area (TPSA) is 49.4 Å². The molecular weight excluding hydrogens is 480 g/mol. The maximum atomic E-state index is 13.8. The van der Waals surface area contributed by atoms with Crippen LogP contribution in [0.15, 0.2) is 78.9 Å². The van der Waals surface area contributed by atoms with E-state index in [1.807, 2.05) is 54.6 Å². The lowest BCUT2D eigenvalue weighted by molar-refractivity contribution is -0.141. The third-order valence-electron chi connectivity index (χ3n) is 6.62. The van der Waals surface area contributed by atoms with E-state index in [4.69, 9.17) is 11.6 Å². The van der Waals surface area contributed by atoms with Gasteiger partial charge in [0, 0.05) is 31.0 Å². The third-order valence-corrected chi connectivity index (χ3v) is 6.85. The van der Waals surface area contributed by atoms with Crippen LogP contribution >= 0.6 is 11.6 Å². The van der Waals surface area contributed by atoms with Gasteiger partial charge < -0.3 is 10.2 Å². The number of benzene rings is 3. The molecule has 4 nitrogen and oxygen atoms in total. The number of nitrogens with zero attached hydrogens (tertiary/aromatic N) is 1. The molecule has 0 saturated carbocycles. The highest BCUT2D eigenvalue weighted by atomic mass is 35.5. The Morgan fingerprint density at radius 3 is 2.24 bits per heavy atom. The predicted molar refractivity (Wildman–Crippen MR) is 153 cm³/mol. The highest BCUT2D eigenvalue weighted by molar-refractivity contribution is 6.30. The van der Waals surface area contributed by atoms with Gasteiger partial charge in [-0.3, -0.25) is 9.59 Å². The Balaban J connectivity index is 1.86. The number of unbranched alkanes of at least 4 members (excludes halogenated alkanes) is 1. The third kappa shape index (κ3) is 9.05. The summed E-state index contributed by atoms with van der Waals surface area (Å²) in [6, 6.07) is 25.3. The quantitative estimate of drug-likeness (QED) is 0.249. The molecule has 37 heavy (non-hydrogen) atoms. The Kier molecular flexibility index (Phi) is 11.2. The molecule has 0 aliphatic carbocycles. The molecule has 0 aromatic heterocycles. The van der Waals surface area contributed by atoms with Gasteiger partial charge in [-0.1, -0.05) is 106 Å². The lowest BCUT2D eigenvalue weighted by Crippen LogP contribution is -2.50. The summed E-state index contributed by atoms with van der Waals surface area (Å²) in [5, 5.41) is 3.68. The molecule has 0 bridgehead atoms. The molecule has 196 valence electrons. The Morgan fingerprint density at radius 1 is 0.892 bits per heavy atom. The maximum Gasteiger partial charge on any atom is 0.243 e. The number of rotatable bonds is 13. The molecule has 0 fully saturated rings. The Labute approximate surface area is 227 Å². The van der Waals surface area contributed by atoms with Crippen molar-refractivity contribution in [2.45, 2.75) is 71.4 Å². The first kappa shape index (κ1) is 28.5. The van der Waals surface area contributed by atoms with Crippen LogP contribution in [-0.4, -0.2) is 29.3 Å². The standard InChI is InChI=1S/C32H39ClN2O2/c1-4-5-20-34-32(37)30(22-26-10-7-6-8-11-26)35(23-27-12-9-13-29(33)21-27)31(36)19-16-25-14-17-28(18-15-25)24(2)3/h6-15,17-18,21,24,30H,4-5,16,19-20,22-23H2,1-3H3,(H,34,37)/t30-/m1/s1. The number of hydrogen-bond donors (Lipinski definition) is 1. The van der Waals surface area contributed by atoms with Crippen molar-refractivity contribution in [1.82, 2.24) is 10.2 Å². The molecule has 1 atom stereocenters. The summed E-state index contributed by atoms with van der Waals surface area (Å²) in [7, 11) is 0. The van der Waals surface area contributed by atoms with E-state index < -0.39 is 6.04 Å². The molecule has 1 N–H and O–H groups in total. The van der Waals surface area contributed by atoms with Crippen LogP contribution < -0.4 is 5.32 Å². The fourth-order valence-electron chi connectivity index (χ4n) is 4.36. The average molecular weight is 519 g/mol. The molecule has 2 amide bonds. The number of carbonyl (C=O) groups is 2. The Bertz CT molecular complexity index is 1130. The molecule has 3 aromatic rings. The zero-order valence-electron chi connectivity index (χ0n) is 22.3. The van der Waals surface area contributed by atoms with Crippen molar-refractivity contribution in [1.29, 1.82) is 0 Å². The van der Waals surface area contributed by atoms with Gasteiger partial charge in [-0.05, 0) is 53.1 Å². The predicted octanol–water partition coefficient (Wildman–Crippen LogP) is 6.95. The van der Waals surface area contributed by atoms with Gasteiger partial charge in [0.1, 0.15) is 6.04 Å². The summed E-state index contributed by atoms with van der Waals surface area (Å²) in [4.78, 5) is 29.0. The SMILES string of the molecule is CCCCNC(=O)[C@@H](Cc1ccccc1)N(Cc1cccc(Cl)c1)C(=O)CCc1ccc(C(C)C)cc1. The van der Waals surface area contributed by atoms with Crippen molar-refractivity contribution in [3.63, 3.8) is 0 Å². The molecule has 3 aromatic carbocycles. The zero-order chi connectivity index (χ0) is 26.6. The first-order valence-electron chi connectivity index (χ1n) is 13.3. The van der Waals surface area contributed by atoms with E-state index in [0.29, 0.717) is 43.3 Å². The molecule has 5 heteroatoms. The van der Waals surface area contributed by atoms with Gasteiger partial charge >= 0.3 is 0 Å². The summed E-state index contributed by atoms with van der Waals surface area (Å²) in [6.45, 7) is 7.36. The minimum absolute atomic E-state index is 0.0421.